The summed E-state index contributed by atoms with van der Waals surface area (Å²) in [6.07, 6.45) is 10.7. The zero-order valence-corrected chi connectivity index (χ0v) is 18.2. The highest BCUT2D eigenvalue weighted by Gasteiger charge is 2.50. The molecular weight excluding hydrogens is 390 g/mol. The molecule has 0 heterocycles. The molecule has 1 aromatic rings. The fraction of sp³-hybridized carbons (Fsp3) is 0.560. The van der Waals surface area contributed by atoms with Crippen molar-refractivity contribution in [3.63, 3.8) is 0 Å². The number of nitriles is 1. The summed E-state index contributed by atoms with van der Waals surface area (Å²) in [5, 5.41) is 15.8. The highest BCUT2D eigenvalue weighted by atomic mass is 16.5. The van der Waals surface area contributed by atoms with E-state index >= 15 is 0 Å². The number of nitrogens with one attached hydrogen (secondary N) is 2. The van der Waals surface area contributed by atoms with Crippen LogP contribution in [0.5, 0.6) is 0 Å². The van der Waals surface area contributed by atoms with Crippen molar-refractivity contribution in [2.24, 2.45) is 17.8 Å². The number of hydrogen-bond donors (Lipinski definition) is 2. The first-order valence-electron chi connectivity index (χ1n) is 11.5. The van der Waals surface area contributed by atoms with Crippen molar-refractivity contribution in [1.82, 2.24) is 5.32 Å². The number of carbonyl (C=O) groups excluding carboxylic acids is 2. The van der Waals surface area contributed by atoms with Crippen molar-refractivity contribution < 1.29 is 14.3 Å². The molecular formula is C25H31N3O3. The molecule has 0 saturated heterocycles. The normalized spacial score (nSPS) is 28.6. The summed E-state index contributed by atoms with van der Waals surface area (Å²) in [6, 6.07) is 8.74. The van der Waals surface area contributed by atoms with Gasteiger partial charge in [0.25, 0.3) is 5.91 Å². The average molecular weight is 422 g/mol. The van der Waals surface area contributed by atoms with Crippen LogP contribution in [0.2, 0.25) is 0 Å². The monoisotopic (exact) mass is 421 g/mol. The van der Waals surface area contributed by atoms with E-state index in [1.165, 1.54) is 19.3 Å². The summed E-state index contributed by atoms with van der Waals surface area (Å²) in [6.45, 7) is 2.37. The Kier molecular flexibility index (Phi) is 6.31. The summed E-state index contributed by atoms with van der Waals surface area (Å²) in [4.78, 5) is 25.2. The van der Waals surface area contributed by atoms with Crippen LogP contribution in [-0.2, 0) is 9.53 Å². The van der Waals surface area contributed by atoms with Crippen LogP contribution < -0.4 is 10.6 Å². The molecule has 4 aliphatic rings. The molecule has 6 heteroatoms. The van der Waals surface area contributed by atoms with Gasteiger partial charge in [0.05, 0.1) is 17.9 Å². The topological polar surface area (TPSA) is 91.2 Å². The molecule has 1 aromatic carbocycles. The van der Waals surface area contributed by atoms with Crippen LogP contribution in [0.15, 0.2) is 36.0 Å². The molecule has 0 spiro atoms. The van der Waals surface area contributed by atoms with Gasteiger partial charge in [0.1, 0.15) is 11.6 Å². The van der Waals surface area contributed by atoms with Crippen LogP contribution in [-0.4, -0.2) is 24.0 Å². The third kappa shape index (κ3) is 4.76. The van der Waals surface area contributed by atoms with Gasteiger partial charge in [-0.25, -0.2) is 4.79 Å². The zero-order valence-electron chi connectivity index (χ0n) is 18.2. The quantitative estimate of drug-likeness (QED) is 0.278. The number of carbonyl (C=O) groups is 2. The molecule has 4 fully saturated rings. The van der Waals surface area contributed by atoms with Gasteiger partial charge in [-0.2, -0.15) is 5.26 Å². The number of ether oxygens (including phenoxy) is 1. The van der Waals surface area contributed by atoms with E-state index in [0.717, 1.165) is 49.9 Å². The van der Waals surface area contributed by atoms with Crippen molar-refractivity contribution in [3.8, 4) is 6.07 Å². The third-order valence-corrected chi connectivity index (χ3v) is 7.05. The van der Waals surface area contributed by atoms with E-state index in [9.17, 15) is 14.9 Å². The van der Waals surface area contributed by atoms with Gasteiger partial charge < -0.3 is 15.4 Å². The van der Waals surface area contributed by atoms with Crippen LogP contribution in [0, 0.1) is 29.1 Å². The zero-order chi connectivity index (χ0) is 21.8. The van der Waals surface area contributed by atoms with E-state index < -0.39 is 11.9 Å². The minimum absolute atomic E-state index is 0.0184. The largest absolute Gasteiger partial charge is 0.462 e. The van der Waals surface area contributed by atoms with E-state index in [2.05, 4.69) is 10.6 Å². The number of anilines is 1. The lowest BCUT2D eigenvalue weighted by atomic mass is 9.53. The average Bonchev–Trinajstić information content (AvgIpc) is 2.73. The summed E-state index contributed by atoms with van der Waals surface area (Å²) in [5.74, 6) is 1.33. The number of unbranched alkanes of at least 4 members (excludes halogenated alkanes) is 1. The third-order valence-electron chi connectivity index (χ3n) is 7.05. The molecule has 4 bridgehead atoms. The second-order valence-corrected chi connectivity index (χ2v) is 9.50. The predicted octanol–water partition coefficient (Wildman–Crippen LogP) is 4.55. The molecule has 164 valence electrons. The first kappa shape index (κ1) is 21.4. The SMILES string of the molecule is CCCCOC(=O)c1ccccc1NC(=O)/C(C#N)=C\NC12CC3CC(CC(C3)C1)C2. The van der Waals surface area contributed by atoms with Crippen molar-refractivity contribution in [1.29, 1.82) is 5.26 Å². The summed E-state index contributed by atoms with van der Waals surface area (Å²) in [5.41, 5.74) is 0.686. The maximum atomic E-state index is 12.8. The second-order valence-electron chi connectivity index (χ2n) is 9.50. The number of esters is 1. The van der Waals surface area contributed by atoms with E-state index in [1.807, 2.05) is 13.0 Å². The van der Waals surface area contributed by atoms with Gasteiger partial charge in [0, 0.05) is 11.7 Å². The summed E-state index contributed by atoms with van der Waals surface area (Å²) >= 11 is 0. The Labute approximate surface area is 184 Å². The number of rotatable bonds is 8. The number of para-hydroxylation sites is 1. The minimum atomic E-state index is -0.520. The van der Waals surface area contributed by atoms with Crippen LogP contribution in [0.25, 0.3) is 0 Å². The highest BCUT2D eigenvalue weighted by Crippen LogP contribution is 2.55. The molecule has 0 unspecified atom stereocenters. The van der Waals surface area contributed by atoms with E-state index in [0.29, 0.717) is 17.9 Å². The fourth-order valence-corrected chi connectivity index (χ4v) is 6.01. The molecule has 2 N–H and O–H groups in total. The summed E-state index contributed by atoms with van der Waals surface area (Å²) in [7, 11) is 0. The van der Waals surface area contributed by atoms with Gasteiger partial charge in [-0.3, -0.25) is 4.79 Å². The molecule has 31 heavy (non-hydrogen) atoms. The lowest BCUT2D eigenvalue weighted by molar-refractivity contribution is -0.112. The minimum Gasteiger partial charge on any atom is -0.462 e. The molecule has 1 amide bonds. The van der Waals surface area contributed by atoms with Crippen LogP contribution in [0.1, 0.15) is 68.6 Å². The molecule has 0 aromatic heterocycles. The first-order chi connectivity index (χ1) is 15.0. The first-order valence-corrected chi connectivity index (χ1v) is 11.5. The fourth-order valence-electron chi connectivity index (χ4n) is 6.01. The van der Waals surface area contributed by atoms with Gasteiger partial charge in [0.15, 0.2) is 0 Å². The molecule has 4 saturated carbocycles. The smallest absolute Gasteiger partial charge is 0.340 e. The highest BCUT2D eigenvalue weighted by molar-refractivity contribution is 6.09. The van der Waals surface area contributed by atoms with E-state index in [-0.39, 0.29) is 11.1 Å². The van der Waals surface area contributed by atoms with Crippen LogP contribution in [0.3, 0.4) is 0 Å². The number of benzene rings is 1. The molecule has 5 rings (SSSR count). The van der Waals surface area contributed by atoms with Crippen LogP contribution in [0.4, 0.5) is 5.69 Å². The van der Waals surface area contributed by atoms with Crippen molar-refractivity contribution in [3.05, 3.63) is 41.6 Å². The number of hydrogen-bond acceptors (Lipinski definition) is 5. The standard InChI is InChI=1S/C25H31N3O3/c1-2-3-8-31-24(30)21-6-4-5-7-22(21)28-23(29)20(15-26)16-27-25-12-17-9-18(13-25)11-19(10-17)14-25/h4-7,16-19,27H,2-3,8-14H2,1H3,(H,28,29)/b20-16-. The molecule has 4 aliphatic carbocycles. The number of amides is 1. The van der Waals surface area contributed by atoms with Crippen molar-refractivity contribution in [2.45, 2.75) is 63.8 Å². The van der Waals surface area contributed by atoms with Gasteiger partial charge in [-0.05, 0) is 74.8 Å². The lowest BCUT2D eigenvalue weighted by Crippen LogP contribution is -2.57. The lowest BCUT2D eigenvalue weighted by Gasteiger charge is -2.56. The Balaban J connectivity index is 1.43. The maximum absolute atomic E-state index is 12.8. The molecule has 0 aliphatic heterocycles. The Morgan fingerprint density at radius 1 is 1.16 bits per heavy atom. The Hall–Kier alpha value is -2.81. The van der Waals surface area contributed by atoms with Gasteiger partial charge in [-0.15, -0.1) is 0 Å². The molecule has 6 nitrogen and oxygen atoms in total. The van der Waals surface area contributed by atoms with Crippen molar-refractivity contribution in [2.75, 3.05) is 11.9 Å². The van der Waals surface area contributed by atoms with Gasteiger partial charge >= 0.3 is 5.97 Å². The van der Waals surface area contributed by atoms with Crippen molar-refractivity contribution >= 4 is 17.6 Å². The van der Waals surface area contributed by atoms with E-state index in [1.54, 1.807) is 30.5 Å². The Morgan fingerprint density at radius 3 is 2.42 bits per heavy atom. The summed E-state index contributed by atoms with van der Waals surface area (Å²) < 4.78 is 5.28. The van der Waals surface area contributed by atoms with Gasteiger partial charge in [-0.1, -0.05) is 25.5 Å². The predicted molar refractivity (Wildman–Crippen MR) is 118 cm³/mol. The van der Waals surface area contributed by atoms with Gasteiger partial charge in [0.2, 0.25) is 0 Å². The molecule has 0 atom stereocenters. The maximum Gasteiger partial charge on any atom is 0.340 e. The van der Waals surface area contributed by atoms with E-state index in [4.69, 9.17) is 4.74 Å². The van der Waals surface area contributed by atoms with Crippen LogP contribution >= 0.6 is 0 Å². The number of nitrogens with zero attached hydrogens (tertiary/aromatic N) is 1. The second kappa shape index (κ2) is 9.13. The Bertz CT molecular complexity index is 880. The molecule has 0 radical (unpaired) electrons. The Morgan fingerprint density at radius 2 is 1.81 bits per heavy atom.